The zero-order chi connectivity index (χ0) is 25.2. The molecule has 1 saturated carbocycles. The highest BCUT2D eigenvalue weighted by atomic mass is 28.4. The second kappa shape index (κ2) is 8.29. The van der Waals surface area contributed by atoms with Crippen LogP contribution in [0.4, 0.5) is 0 Å². The number of benzene rings is 2. The molecule has 2 aliphatic heterocycles. The average Bonchev–Trinajstić information content (AvgIpc) is 3.34. The van der Waals surface area contributed by atoms with Gasteiger partial charge in [0.15, 0.2) is 19.6 Å². The van der Waals surface area contributed by atoms with Crippen LogP contribution >= 0.6 is 0 Å². The summed E-state index contributed by atoms with van der Waals surface area (Å²) in [6, 6.07) is 17.8. The number of carbonyl (C=O) groups is 1. The SMILES string of the molecule is COc1ccc(CN2[C@H]3[C@@H]2C(=O)[C@H](O[Si](C)(C)C(C)(C)C)[C@@]32N=C(c3ccccc3)O[C@@H]2C)cc1. The lowest BCUT2D eigenvalue weighted by molar-refractivity contribution is -0.129. The highest BCUT2D eigenvalue weighted by Crippen LogP contribution is 2.56. The molecule has 2 aromatic carbocycles. The van der Waals surface area contributed by atoms with E-state index in [4.69, 9.17) is 18.9 Å². The van der Waals surface area contributed by atoms with Crippen LogP contribution in [-0.4, -0.2) is 61.8 Å². The number of rotatable bonds is 6. The van der Waals surface area contributed by atoms with E-state index in [-0.39, 0.29) is 29.0 Å². The normalized spacial score (nSPS) is 31.8. The third kappa shape index (κ3) is 3.84. The lowest BCUT2D eigenvalue weighted by Gasteiger charge is -2.43. The first-order valence-corrected chi connectivity index (χ1v) is 15.3. The number of ether oxygens (including phenoxy) is 2. The quantitative estimate of drug-likeness (QED) is 0.427. The maximum atomic E-state index is 13.9. The van der Waals surface area contributed by atoms with Crippen LogP contribution < -0.4 is 4.74 Å². The average molecular weight is 493 g/mol. The van der Waals surface area contributed by atoms with E-state index in [2.05, 4.69) is 50.9 Å². The molecule has 0 amide bonds. The number of piperidine rings is 1. The van der Waals surface area contributed by atoms with Gasteiger partial charge < -0.3 is 13.9 Å². The van der Waals surface area contributed by atoms with Crippen LogP contribution in [0.3, 0.4) is 0 Å². The fourth-order valence-electron chi connectivity index (χ4n) is 5.26. The van der Waals surface area contributed by atoms with E-state index in [0.717, 1.165) is 16.9 Å². The first kappa shape index (κ1) is 24.2. The van der Waals surface area contributed by atoms with Crippen LogP contribution in [0.25, 0.3) is 0 Å². The zero-order valence-electron chi connectivity index (χ0n) is 21.7. The Hall–Kier alpha value is -2.48. The van der Waals surface area contributed by atoms with Crippen LogP contribution in [0.5, 0.6) is 5.75 Å². The summed E-state index contributed by atoms with van der Waals surface area (Å²) in [4.78, 5) is 21.4. The van der Waals surface area contributed by atoms with Gasteiger partial charge in [-0.05, 0) is 54.9 Å². The Morgan fingerprint density at radius 2 is 1.74 bits per heavy atom. The molecule has 1 spiro atoms. The maximum Gasteiger partial charge on any atom is 0.217 e. The number of hydrogen-bond acceptors (Lipinski definition) is 6. The molecule has 2 fully saturated rings. The number of nitrogens with zero attached hydrogens (tertiary/aromatic N) is 2. The Labute approximate surface area is 209 Å². The number of fused-ring (bicyclic) bond motifs is 2. The maximum absolute atomic E-state index is 13.9. The predicted octanol–water partition coefficient (Wildman–Crippen LogP) is 4.83. The predicted molar refractivity (Wildman–Crippen MR) is 139 cm³/mol. The highest BCUT2D eigenvalue weighted by Gasteiger charge is 2.78. The van der Waals surface area contributed by atoms with Gasteiger partial charge in [0.25, 0.3) is 0 Å². The number of ketones is 1. The zero-order valence-corrected chi connectivity index (χ0v) is 22.7. The molecule has 0 radical (unpaired) electrons. The van der Waals surface area contributed by atoms with E-state index in [9.17, 15) is 4.79 Å². The molecule has 2 aromatic rings. The highest BCUT2D eigenvalue weighted by molar-refractivity contribution is 6.74. The number of Topliss-reactive ketones (excluding diaryl/α,β-unsaturated/α-hetero) is 1. The van der Waals surface area contributed by atoms with E-state index < -0.39 is 20.0 Å². The molecule has 0 N–H and O–H groups in total. The van der Waals surface area contributed by atoms with Crippen molar-refractivity contribution < 1.29 is 18.7 Å². The fourth-order valence-corrected chi connectivity index (χ4v) is 6.51. The van der Waals surface area contributed by atoms with Gasteiger partial charge in [-0.25, -0.2) is 4.99 Å². The Morgan fingerprint density at radius 3 is 2.34 bits per heavy atom. The molecule has 1 saturated heterocycles. The number of likely N-dealkylation sites (tertiary alicyclic amines) is 1. The third-order valence-corrected chi connectivity index (χ3v) is 12.8. The molecule has 0 bridgehead atoms. The number of carbonyl (C=O) groups excluding carboxylic acids is 1. The Morgan fingerprint density at radius 1 is 1.09 bits per heavy atom. The third-order valence-electron chi connectivity index (χ3n) is 8.37. The topological polar surface area (TPSA) is 60.1 Å². The summed E-state index contributed by atoms with van der Waals surface area (Å²) in [6.45, 7) is 13.7. The summed E-state index contributed by atoms with van der Waals surface area (Å²) < 4.78 is 18.5. The van der Waals surface area contributed by atoms with Crippen molar-refractivity contribution in [3.63, 3.8) is 0 Å². The van der Waals surface area contributed by atoms with Gasteiger partial charge in [0.1, 0.15) is 18.0 Å². The van der Waals surface area contributed by atoms with E-state index >= 15 is 0 Å². The summed E-state index contributed by atoms with van der Waals surface area (Å²) in [5.74, 6) is 1.57. The summed E-state index contributed by atoms with van der Waals surface area (Å²) in [6.07, 6.45) is -0.867. The van der Waals surface area contributed by atoms with Crippen molar-refractivity contribution in [3.05, 3.63) is 65.7 Å². The fraction of sp³-hybridized carbons (Fsp3) is 0.500. The van der Waals surface area contributed by atoms with Gasteiger partial charge in [0, 0.05) is 12.1 Å². The smallest absolute Gasteiger partial charge is 0.217 e. The van der Waals surface area contributed by atoms with Crippen LogP contribution in [-0.2, 0) is 20.5 Å². The number of hydrogen-bond donors (Lipinski definition) is 0. The minimum Gasteiger partial charge on any atom is -0.497 e. The molecule has 1 unspecified atom stereocenters. The van der Waals surface area contributed by atoms with E-state index in [0.29, 0.717) is 12.4 Å². The molecule has 2 heterocycles. The van der Waals surface area contributed by atoms with E-state index in [1.807, 2.05) is 49.4 Å². The van der Waals surface area contributed by atoms with Crippen LogP contribution in [0.1, 0.15) is 38.8 Å². The molecule has 35 heavy (non-hydrogen) atoms. The summed E-state index contributed by atoms with van der Waals surface area (Å²) >= 11 is 0. The molecule has 6 nitrogen and oxygen atoms in total. The lowest BCUT2D eigenvalue weighted by atomic mass is 9.88. The number of methoxy groups -OCH3 is 1. The second-order valence-electron chi connectivity index (χ2n) is 11.5. The first-order valence-electron chi connectivity index (χ1n) is 12.4. The number of aliphatic imine (C=N–C) groups is 1. The molecule has 186 valence electrons. The minimum absolute atomic E-state index is 0.0152. The molecule has 1 aliphatic carbocycles. The molecule has 5 rings (SSSR count). The van der Waals surface area contributed by atoms with Gasteiger partial charge in [-0.3, -0.25) is 9.69 Å². The van der Waals surface area contributed by atoms with Crippen LogP contribution in [0, 0.1) is 0 Å². The largest absolute Gasteiger partial charge is 0.497 e. The van der Waals surface area contributed by atoms with Gasteiger partial charge in [0.05, 0.1) is 19.2 Å². The van der Waals surface area contributed by atoms with Gasteiger partial charge in [0.2, 0.25) is 5.90 Å². The summed E-state index contributed by atoms with van der Waals surface area (Å²) in [5.41, 5.74) is 1.32. The molecule has 3 aliphatic rings. The lowest BCUT2D eigenvalue weighted by Crippen LogP contribution is -2.59. The van der Waals surface area contributed by atoms with Crippen molar-refractivity contribution >= 4 is 20.0 Å². The Bertz CT molecular complexity index is 1140. The van der Waals surface area contributed by atoms with Crippen LogP contribution in [0.15, 0.2) is 59.6 Å². The van der Waals surface area contributed by atoms with E-state index in [1.54, 1.807) is 7.11 Å². The standard InChI is InChI=1S/C28H36N2O4Si/c1-18-28(29-26(33-18)20-11-9-8-10-12-20)24-22(23(31)25(28)34-35(6,7)27(2,3)4)30(24)17-19-13-15-21(32-5)16-14-19/h8-16,18,22,24-25H,17H2,1-7H3/t18-,22+,24+,25+,28+,30?/m1/s1. The van der Waals surface area contributed by atoms with Gasteiger partial charge in [-0.15, -0.1) is 0 Å². The van der Waals surface area contributed by atoms with Crippen LogP contribution in [0.2, 0.25) is 18.1 Å². The van der Waals surface area contributed by atoms with E-state index in [1.165, 1.54) is 0 Å². The Kier molecular flexibility index (Phi) is 5.73. The van der Waals surface area contributed by atoms with Gasteiger partial charge >= 0.3 is 0 Å². The summed E-state index contributed by atoms with van der Waals surface area (Å²) in [7, 11) is -0.565. The summed E-state index contributed by atoms with van der Waals surface area (Å²) in [5, 5.41) is -0.0152. The molecular weight excluding hydrogens is 456 g/mol. The van der Waals surface area contributed by atoms with Crippen molar-refractivity contribution in [2.75, 3.05) is 7.11 Å². The van der Waals surface area contributed by atoms with Crippen molar-refractivity contribution in [2.24, 2.45) is 4.99 Å². The van der Waals surface area contributed by atoms with Gasteiger partial charge in [-0.1, -0.05) is 51.1 Å². The molecule has 7 heteroatoms. The van der Waals surface area contributed by atoms with Gasteiger partial charge in [-0.2, -0.15) is 0 Å². The molecule has 6 atom stereocenters. The molecular formula is C28H36N2O4Si. The first-order chi connectivity index (χ1) is 16.5. The van der Waals surface area contributed by atoms with Crippen molar-refractivity contribution in [1.82, 2.24) is 4.90 Å². The van der Waals surface area contributed by atoms with Crippen molar-refractivity contribution in [2.45, 2.75) is 82.2 Å². The minimum atomic E-state index is -2.23. The monoisotopic (exact) mass is 492 g/mol. The van der Waals surface area contributed by atoms with Crippen molar-refractivity contribution in [1.29, 1.82) is 0 Å². The Balaban J connectivity index is 1.51. The second-order valence-corrected chi connectivity index (χ2v) is 16.3. The van der Waals surface area contributed by atoms with Crippen molar-refractivity contribution in [3.8, 4) is 5.75 Å². The molecule has 0 aromatic heterocycles.